The van der Waals surface area contributed by atoms with Gasteiger partial charge in [0.15, 0.2) is 11.5 Å². The Kier molecular flexibility index (Phi) is 4.58. The lowest BCUT2D eigenvalue weighted by molar-refractivity contribution is 0.0466. The maximum absolute atomic E-state index is 12.5. The minimum absolute atomic E-state index is 0.180. The van der Waals surface area contributed by atoms with Gasteiger partial charge in [-0.15, -0.1) is 11.3 Å². The average Bonchev–Trinajstić information content (AvgIpc) is 3.07. The van der Waals surface area contributed by atoms with E-state index in [-0.39, 0.29) is 6.61 Å². The van der Waals surface area contributed by atoms with Crippen molar-refractivity contribution >= 4 is 17.3 Å². The molecule has 2 aromatic carbocycles. The maximum Gasteiger partial charge on any atom is 0.342 e. The molecule has 26 heavy (non-hydrogen) atoms. The average molecular weight is 367 g/mol. The number of carbonyl (C=O) groups is 1. The van der Waals surface area contributed by atoms with Gasteiger partial charge in [-0.3, -0.25) is 0 Å². The van der Waals surface area contributed by atoms with Gasteiger partial charge in [0.1, 0.15) is 30.4 Å². The number of fused-ring (bicyclic) bond motifs is 1. The highest BCUT2D eigenvalue weighted by atomic mass is 32.1. The van der Waals surface area contributed by atoms with Crippen LogP contribution in [0.3, 0.4) is 0 Å². The number of rotatable bonds is 4. The van der Waals surface area contributed by atoms with Crippen LogP contribution in [-0.4, -0.2) is 24.2 Å². The zero-order valence-electron chi connectivity index (χ0n) is 14.2. The summed E-state index contributed by atoms with van der Waals surface area (Å²) in [5.74, 6) is 0.599. The summed E-state index contributed by atoms with van der Waals surface area (Å²) < 4.78 is 16.6. The van der Waals surface area contributed by atoms with Crippen molar-refractivity contribution in [3.63, 3.8) is 0 Å². The summed E-state index contributed by atoms with van der Waals surface area (Å²) in [5, 5.41) is 0.919. The lowest BCUT2D eigenvalue weighted by Gasteiger charge is -2.20. The number of para-hydroxylation sites is 1. The molecule has 2 heterocycles. The van der Waals surface area contributed by atoms with E-state index in [4.69, 9.17) is 14.2 Å². The maximum atomic E-state index is 12.5. The lowest BCUT2D eigenvalue weighted by atomic mass is 10.2. The lowest BCUT2D eigenvalue weighted by Crippen LogP contribution is -2.18. The van der Waals surface area contributed by atoms with Crippen molar-refractivity contribution in [2.75, 3.05) is 13.2 Å². The van der Waals surface area contributed by atoms with E-state index in [9.17, 15) is 4.79 Å². The van der Waals surface area contributed by atoms with Gasteiger partial charge in [0, 0.05) is 5.56 Å². The monoisotopic (exact) mass is 367 g/mol. The van der Waals surface area contributed by atoms with Crippen LogP contribution in [0.15, 0.2) is 48.5 Å². The smallest absolute Gasteiger partial charge is 0.342 e. The van der Waals surface area contributed by atoms with Gasteiger partial charge < -0.3 is 14.2 Å². The van der Waals surface area contributed by atoms with Crippen molar-refractivity contribution in [3.8, 4) is 22.1 Å². The molecule has 132 valence electrons. The number of ether oxygens (including phenoxy) is 3. The summed E-state index contributed by atoms with van der Waals surface area (Å²) in [4.78, 5) is 18.0. The summed E-state index contributed by atoms with van der Waals surface area (Å²) in [6.07, 6.45) is 0. The molecule has 0 radical (unpaired) electrons. The zero-order chi connectivity index (χ0) is 17.9. The third kappa shape index (κ3) is 3.28. The molecule has 6 heteroatoms. The second-order valence-corrected chi connectivity index (χ2v) is 6.88. The number of hydrogen-bond acceptors (Lipinski definition) is 6. The van der Waals surface area contributed by atoms with Crippen molar-refractivity contribution in [2.24, 2.45) is 0 Å². The molecule has 0 unspecified atom stereocenters. The first-order chi connectivity index (χ1) is 12.7. The molecule has 0 bridgehead atoms. The fourth-order valence-corrected chi connectivity index (χ4v) is 3.69. The number of benzene rings is 2. The second-order valence-electron chi connectivity index (χ2n) is 5.80. The topological polar surface area (TPSA) is 57.7 Å². The first kappa shape index (κ1) is 16.6. The molecule has 0 fully saturated rings. The predicted molar refractivity (Wildman–Crippen MR) is 98.8 cm³/mol. The molecule has 5 nitrogen and oxygen atoms in total. The van der Waals surface area contributed by atoms with Crippen molar-refractivity contribution < 1.29 is 19.0 Å². The molecule has 0 N–H and O–H groups in total. The Morgan fingerprint density at radius 1 is 1.12 bits per heavy atom. The number of carbonyl (C=O) groups excluding carboxylic acids is 1. The van der Waals surface area contributed by atoms with Gasteiger partial charge >= 0.3 is 5.97 Å². The normalized spacial score (nSPS) is 12.7. The first-order valence-electron chi connectivity index (χ1n) is 8.30. The number of esters is 1. The van der Waals surface area contributed by atoms with Crippen LogP contribution in [0.4, 0.5) is 0 Å². The number of aryl methyl sites for hydroxylation is 1. The Labute approximate surface area is 155 Å². The fourth-order valence-electron chi connectivity index (χ4n) is 2.71. The van der Waals surface area contributed by atoms with E-state index < -0.39 is 5.97 Å². The number of thiazole rings is 1. The predicted octanol–water partition coefficient (Wildman–Crippen LogP) is 4.25. The second kappa shape index (κ2) is 7.17. The zero-order valence-corrected chi connectivity index (χ0v) is 15.0. The van der Waals surface area contributed by atoms with Gasteiger partial charge in [0.25, 0.3) is 0 Å². The molecule has 0 saturated heterocycles. The van der Waals surface area contributed by atoms with Crippen LogP contribution in [-0.2, 0) is 11.3 Å². The molecule has 1 aliphatic rings. The Morgan fingerprint density at radius 2 is 1.92 bits per heavy atom. The van der Waals surface area contributed by atoms with Gasteiger partial charge in [-0.2, -0.15) is 0 Å². The molecule has 0 atom stereocenters. The summed E-state index contributed by atoms with van der Waals surface area (Å²) in [6, 6.07) is 15.2. The largest absolute Gasteiger partial charge is 0.486 e. The van der Waals surface area contributed by atoms with Crippen molar-refractivity contribution in [2.45, 2.75) is 13.5 Å². The molecule has 1 aliphatic heterocycles. The van der Waals surface area contributed by atoms with Crippen LogP contribution in [0.25, 0.3) is 10.6 Å². The van der Waals surface area contributed by atoms with E-state index in [1.807, 2.05) is 37.3 Å². The molecule has 0 saturated carbocycles. The third-order valence-corrected chi connectivity index (χ3v) is 5.21. The summed E-state index contributed by atoms with van der Waals surface area (Å²) in [5.41, 5.74) is 2.31. The van der Waals surface area contributed by atoms with Crippen LogP contribution in [0.5, 0.6) is 11.5 Å². The fraction of sp³-hybridized carbons (Fsp3) is 0.200. The summed E-state index contributed by atoms with van der Waals surface area (Å²) in [6.45, 7) is 3.01. The van der Waals surface area contributed by atoms with E-state index in [1.54, 1.807) is 18.2 Å². The Hall–Kier alpha value is -2.86. The van der Waals surface area contributed by atoms with Crippen LogP contribution in [0.1, 0.15) is 20.9 Å². The van der Waals surface area contributed by atoms with E-state index in [2.05, 4.69) is 4.98 Å². The molecule has 0 aliphatic carbocycles. The Bertz CT molecular complexity index is 936. The van der Waals surface area contributed by atoms with Crippen molar-refractivity contribution in [3.05, 3.63) is 64.7 Å². The van der Waals surface area contributed by atoms with Crippen LogP contribution < -0.4 is 9.47 Å². The highest BCUT2D eigenvalue weighted by molar-refractivity contribution is 7.15. The highest BCUT2D eigenvalue weighted by Crippen LogP contribution is 2.34. The molecular formula is C20H17NO4S. The van der Waals surface area contributed by atoms with Gasteiger partial charge in [0.05, 0.1) is 10.6 Å². The van der Waals surface area contributed by atoms with E-state index >= 15 is 0 Å². The number of nitrogens with zero attached hydrogens (tertiary/aromatic N) is 1. The van der Waals surface area contributed by atoms with E-state index in [1.165, 1.54) is 11.3 Å². The van der Waals surface area contributed by atoms with Gasteiger partial charge in [-0.25, -0.2) is 9.78 Å². The summed E-state index contributed by atoms with van der Waals surface area (Å²) in [7, 11) is 0. The highest BCUT2D eigenvalue weighted by Gasteiger charge is 2.22. The quantitative estimate of drug-likeness (QED) is 0.645. The number of aromatic nitrogens is 1. The molecule has 0 amide bonds. The third-order valence-electron chi connectivity index (χ3n) is 4.03. The van der Waals surface area contributed by atoms with Crippen molar-refractivity contribution in [1.82, 2.24) is 4.98 Å². The van der Waals surface area contributed by atoms with Crippen LogP contribution in [0.2, 0.25) is 0 Å². The molecular weight excluding hydrogens is 350 g/mol. The van der Waals surface area contributed by atoms with Crippen LogP contribution >= 0.6 is 11.3 Å². The van der Waals surface area contributed by atoms with Crippen molar-refractivity contribution in [1.29, 1.82) is 0 Å². The van der Waals surface area contributed by atoms with Crippen LogP contribution in [0, 0.1) is 6.92 Å². The number of hydrogen-bond donors (Lipinski definition) is 0. The molecule has 4 rings (SSSR count). The summed E-state index contributed by atoms with van der Waals surface area (Å²) >= 11 is 1.53. The first-order valence-corrected chi connectivity index (χ1v) is 9.11. The van der Waals surface area contributed by atoms with Gasteiger partial charge in [-0.05, 0) is 19.1 Å². The molecule has 3 aromatic rings. The minimum atomic E-state index is -0.429. The van der Waals surface area contributed by atoms with Gasteiger partial charge in [0.2, 0.25) is 0 Å². The Balaban J connectivity index is 1.50. The van der Waals surface area contributed by atoms with Gasteiger partial charge in [-0.1, -0.05) is 36.4 Å². The standard InChI is InChI=1S/C20H17NO4S/c1-13-17(26-19(21-13)14-6-3-2-4-7-14)12-25-20(22)15-8-5-9-16-18(15)24-11-10-23-16/h2-9H,10-12H2,1H3. The molecule has 0 spiro atoms. The minimum Gasteiger partial charge on any atom is -0.486 e. The van der Waals surface area contributed by atoms with E-state index in [0.717, 1.165) is 21.1 Å². The van der Waals surface area contributed by atoms with E-state index in [0.29, 0.717) is 30.3 Å². The Morgan fingerprint density at radius 3 is 2.77 bits per heavy atom. The molecule has 1 aromatic heterocycles. The SMILES string of the molecule is Cc1nc(-c2ccccc2)sc1COC(=O)c1cccc2c1OCCO2.